The SMILES string of the molecule is COC(=O)CC1(C)Nc2ccc(F)cc2-c2ccccc21. The fourth-order valence-electron chi connectivity index (χ4n) is 2.91. The normalized spacial score (nSPS) is 19.2. The molecule has 1 atom stereocenters. The minimum absolute atomic E-state index is 0.206. The van der Waals surface area contributed by atoms with E-state index >= 15 is 0 Å². The molecule has 0 spiro atoms. The summed E-state index contributed by atoms with van der Waals surface area (Å²) in [6, 6.07) is 12.4. The Hall–Kier alpha value is -2.36. The van der Waals surface area contributed by atoms with Gasteiger partial charge in [-0.25, -0.2) is 4.39 Å². The van der Waals surface area contributed by atoms with Crippen LogP contribution in [0.1, 0.15) is 18.9 Å². The summed E-state index contributed by atoms with van der Waals surface area (Å²) in [4.78, 5) is 11.7. The van der Waals surface area contributed by atoms with E-state index in [1.54, 1.807) is 6.07 Å². The molecular weight excluding hydrogens is 269 g/mol. The number of carbonyl (C=O) groups is 1. The first kappa shape index (κ1) is 13.6. The number of halogens is 1. The Labute approximate surface area is 122 Å². The zero-order valence-corrected chi connectivity index (χ0v) is 11.9. The fourth-order valence-corrected chi connectivity index (χ4v) is 2.91. The molecule has 1 aliphatic rings. The lowest BCUT2D eigenvalue weighted by molar-refractivity contribution is -0.141. The van der Waals surface area contributed by atoms with Crippen LogP contribution in [0.4, 0.5) is 10.1 Å². The molecule has 0 amide bonds. The number of esters is 1. The monoisotopic (exact) mass is 285 g/mol. The number of methoxy groups -OCH3 is 1. The maximum atomic E-state index is 13.5. The van der Waals surface area contributed by atoms with Crippen molar-refractivity contribution in [3.8, 4) is 11.1 Å². The summed E-state index contributed by atoms with van der Waals surface area (Å²) < 4.78 is 18.3. The number of nitrogens with one attached hydrogen (secondary N) is 1. The van der Waals surface area contributed by atoms with E-state index in [0.717, 1.165) is 22.4 Å². The molecular formula is C17H16FNO2. The zero-order valence-electron chi connectivity index (χ0n) is 11.9. The predicted molar refractivity (Wildman–Crippen MR) is 79.4 cm³/mol. The zero-order chi connectivity index (χ0) is 15.0. The summed E-state index contributed by atoms with van der Waals surface area (Å²) in [7, 11) is 1.38. The van der Waals surface area contributed by atoms with Crippen LogP contribution in [0.5, 0.6) is 0 Å². The summed E-state index contributed by atoms with van der Waals surface area (Å²) in [5.41, 5.74) is 2.97. The maximum absolute atomic E-state index is 13.5. The molecule has 1 aliphatic heterocycles. The Balaban J connectivity index is 2.16. The Morgan fingerprint density at radius 2 is 2.00 bits per heavy atom. The van der Waals surface area contributed by atoms with Crippen molar-refractivity contribution in [1.29, 1.82) is 0 Å². The topological polar surface area (TPSA) is 38.3 Å². The van der Waals surface area contributed by atoms with E-state index in [2.05, 4.69) is 5.32 Å². The Kier molecular flexibility index (Phi) is 3.16. The van der Waals surface area contributed by atoms with Crippen LogP contribution in [0, 0.1) is 5.82 Å². The van der Waals surface area contributed by atoms with E-state index in [1.807, 2.05) is 31.2 Å². The number of hydrogen-bond donors (Lipinski definition) is 1. The van der Waals surface area contributed by atoms with Gasteiger partial charge in [-0.2, -0.15) is 0 Å². The van der Waals surface area contributed by atoms with Crippen molar-refractivity contribution in [1.82, 2.24) is 0 Å². The van der Waals surface area contributed by atoms with E-state index in [0.29, 0.717) is 0 Å². The van der Waals surface area contributed by atoms with E-state index in [4.69, 9.17) is 4.74 Å². The number of carbonyl (C=O) groups excluding carboxylic acids is 1. The molecule has 3 nitrogen and oxygen atoms in total. The highest BCUT2D eigenvalue weighted by Gasteiger charge is 2.36. The highest BCUT2D eigenvalue weighted by atomic mass is 19.1. The highest BCUT2D eigenvalue weighted by molar-refractivity contribution is 5.86. The van der Waals surface area contributed by atoms with Gasteiger partial charge >= 0.3 is 5.97 Å². The molecule has 2 aromatic rings. The van der Waals surface area contributed by atoms with Gasteiger partial charge in [0, 0.05) is 11.3 Å². The summed E-state index contributed by atoms with van der Waals surface area (Å²) in [5.74, 6) is -0.563. The van der Waals surface area contributed by atoms with Gasteiger partial charge in [0.25, 0.3) is 0 Å². The molecule has 0 bridgehead atoms. The first-order chi connectivity index (χ1) is 10.0. The Bertz CT molecular complexity index is 714. The largest absolute Gasteiger partial charge is 0.469 e. The number of benzene rings is 2. The van der Waals surface area contributed by atoms with Crippen LogP contribution in [0.3, 0.4) is 0 Å². The molecule has 1 N–H and O–H groups in total. The third-order valence-electron chi connectivity index (χ3n) is 3.93. The number of ether oxygens (including phenoxy) is 1. The summed E-state index contributed by atoms with van der Waals surface area (Å²) in [5, 5.41) is 3.35. The van der Waals surface area contributed by atoms with Gasteiger partial charge in [0.15, 0.2) is 0 Å². The van der Waals surface area contributed by atoms with E-state index < -0.39 is 5.54 Å². The van der Waals surface area contributed by atoms with Crippen LogP contribution >= 0.6 is 0 Å². The maximum Gasteiger partial charge on any atom is 0.308 e. The quantitative estimate of drug-likeness (QED) is 0.855. The molecule has 0 radical (unpaired) electrons. The van der Waals surface area contributed by atoms with E-state index in [9.17, 15) is 9.18 Å². The molecule has 0 saturated heterocycles. The molecule has 0 fully saturated rings. The molecule has 4 heteroatoms. The standard InChI is InChI=1S/C17H16FNO2/c1-17(10-16(20)21-2)14-6-4-3-5-12(14)13-9-11(18)7-8-15(13)19-17/h3-9,19H,10H2,1-2H3. The molecule has 1 unspecified atom stereocenters. The van der Waals surface area contributed by atoms with Crippen molar-refractivity contribution in [2.45, 2.75) is 18.9 Å². The van der Waals surface area contributed by atoms with E-state index in [-0.39, 0.29) is 18.2 Å². The van der Waals surface area contributed by atoms with Crippen molar-refractivity contribution in [3.05, 3.63) is 53.8 Å². The molecule has 21 heavy (non-hydrogen) atoms. The van der Waals surface area contributed by atoms with Crippen LogP contribution < -0.4 is 5.32 Å². The van der Waals surface area contributed by atoms with E-state index in [1.165, 1.54) is 19.2 Å². The van der Waals surface area contributed by atoms with Crippen LogP contribution in [0.25, 0.3) is 11.1 Å². The van der Waals surface area contributed by atoms with Crippen LogP contribution in [0.15, 0.2) is 42.5 Å². The van der Waals surface area contributed by atoms with Gasteiger partial charge in [-0.1, -0.05) is 24.3 Å². The summed E-state index contributed by atoms with van der Waals surface area (Å²) in [6.45, 7) is 1.95. The minimum atomic E-state index is -0.575. The van der Waals surface area contributed by atoms with Gasteiger partial charge < -0.3 is 10.1 Å². The van der Waals surface area contributed by atoms with Crippen molar-refractivity contribution in [3.63, 3.8) is 0 Å². The lowest BCUT2D eigenvalue weighted by atomic mass is 9.79. The van der Waals surface area contributed by atoms with Gasteiger partial charge in [-0.15, -0.1) is 0 Å². The third kappa shape index (κ3) is 2.27. The molecule has 0 saturated carbocycles. The average molecular weight is 285 g/mol. The molecule has 2 aromatic carbocycles. The lowest BCUT2D eigenvalue weighted by Gasteiger charge is -2.38. The molecule has 0 aliphatic carbocycles. The lowest BCUT2D eigenvalue weighted by Crippen LogP contribution is -2.37. The van der Waals surface area contributed by atoms with Crippen LogP contribution in [-0.2, 0) is 15.1 Å². The van der Waals surface area contributed by atoms with Gasteiger partial charge in [0.05, 0.1) is 19.1 Å². The van der Waals surface area contributed by atoms with Crippen LogP contribution in [-0.4, -0.2) is 13.1 Å². The van der Waals surface area contributed by atoms with Gasteiger partial charge in [-0.3, -0.25) is 4.79 Å². The first-order valence-electron chi connectivity index (χ1n) is 6.78. The highest BCUT2D eigenvalue weighted by Crippen LogP contribution is 2.45. The molecule has 3 rings (SSSR count). The van der Waals surface area contributed by atoms with Gasteiger partial charge in [0.1, 0.15) is 5.82 Å². The second-order valence-corrected chi connectivity index (χ2v) is 5.45. The molecule has 1 heterocycles. The van der Waals surface area contributed by atoms with Gasteiger partial charge in [-0.05, 0) is 36.2 Å². The third-order valence-corrected chi connectivity index (χ3v) is 3.93. The first-order valence-corrected chi connectivity index (χ1v) is 6.78. The Morgan fingerprint density at radius 3 is 2.76 bits per heavy atom. The number of rotatable bonds is 2. The smallest absolute Gasteiger partial charge is 0.308 e. The van der Waals surface area contributed by atoms with Crippen molar-refractivity contribution in [2.75, 3.05) is 12.4 Å². The number of fused-ring (bicyclic) bond motifs is 3. The van der Waals surface area contributed by atoms with Crippen molar-refractivity contribution >= 4 is 11.7 Å². The molecule has 108 valence electrons. The van der Waals surface area contributed by atoms with Crippen molar-refractivity contribution in [2.24, 2.45) is 0 Å². The predicted octanol–water partition coefficient (Wildman–Crippen LogP) is 3.70. The average Bonchev–Trinajstić information content (AvgIpc) is 2.48. The van der Waals surface area contributed by atoms with Crippen molar-refractivity contribution < 1.29 is 13.9 Å². The second kappa shape index (κ2) is 4.88. The van der Waals surface area contributed by atoms with Crippen LogP contribution in [0.2, 0.25) is 0 Å². The summed E-state index contributed by atoms with van der Waals surface area (Å²) in [6.07, 6.45) is 0.206. The number of hydrogen-bond acceptors (Lipinski definition) is 3. The molecule has 0 aromatic heterocycles. The van der Waals surface area contributed by atoms with Gasteiger partial charge in [0.2, 0.25) is 0 Å². The Morgan fingerprint density at radius 1 is 1.24 bits per heavy atom. The fraction of sp³-hybridized carbons (Fsp3) is 0.235. The second-order valence-electron chi connectivity index (χ2n) is 5.45. The summed E-state index contributed by atoms with van der Waals surface area (Å²) >= 11 is 0. The minimum Gasteiger partial charge on any atom is -0.469 e. The number of anilines is 1.